The van der Waals surface area contributed by atoms with Crippen LogP contribution in [0.1, 0.15) is 11.1 Å². The number of nitriles is 2. The summed E-state index contributed by atoms with van der Waals surface area (Å²) >= 11 is 0. The average molecular weight is 603 g/mol. The van der Waals surface area contributed by atoms with Gasteiger partial charge in [0.15, 0.2) is 23.3 Å². The number of nitrogens with zero attached hydrogens (tertiary/aromatic N) is 8. The maximum Gasteiger partial charge on any atom is 0.164 e. The monoisotopic (exact) mass is 602 g/mol. The quantitative estimate of drug-likeness (QED) is 0.195. The summed E-state index contributed by atoms with van der Waals surface area (Å²) in [6.45, 7) is 0. The summed E-state index contributed by atoms with van der Waals surface area (Å²) in [5.41, 5.74) is 6.72. The van der Waals surface area contributed by atoms with Crippen LogP contribution in [0.5, 0.6) is 0 Å². The molecule has 3 aromatic heterocycles. The Kier molecular flexibility index (Phi) is 6.72. The zero-order valence-electron chi connectivity index (χ0n) is 24.8. The van der Waals surface area contributed by atoms with E-state index in [-0.39, 0.29) is 0 Å². The van der Waals surface area contributed by atoms with Gasteiger partial charge >= 0.3 is 0 Å². The number of hydrogen-bond acceptors (Lipinski definition) is 7. The van der Waals surface area contributed by atoms with Crippen LogP contribution in [-0.4, -0.2) is 29.5 Å². The number of hydrogen-bond donors (Lipinski definition) is 0. The molecule has 5 aromatic carbocycles. The van der Waals surface area contributed by atoms with Gasteiger partial charge in [0.1, 0.15) is 12.1 Å². The van der Waals surface area contributed by atoms with Gasteiger partial charge in [0.2, 0.25) is 0 Å². The fourth-order valence-electron chi connectivity index (χ4n) is 5.80. The van der Waals surface area contributed by atoms with Crippen molar-refractivity contribution < 1.29 is 0 Å². The van der Waals surface area contributed by atoms with Crippen molar-refractivity contribution in [2.75, 3.05) is 0 Å². The van der Waals surface area contributed by atoms with Gasteiger partial charge in [0.25, 0.3) is 0 Å². The Morgan fingerprint density at radius 2 is 1.02 bits per heavy atom. The zero-order chi connectivity index (χ0) is 31.7. The Bertz CT molecular complexity index is 2470. The van der Waals surface area contributed by atoms with Crippen molar-refractivity contribution in [3.8, 4) is 63.4 Å². The van der Waals surface area contributed by atoms with E-state index < -0.39 is 0 Å². The van der Waals surface area contributed by atoms with Gasteiger partial charge < -0.3 is 4.57 Å². The lowest BCUT2D eigenvalue weighted by molar-refractivity contribution is 1.07. The predicted molar refractivity (Wildman–Crippen MR) is 181 cm³/mol. The van der Waals surface area contributed by atoms with E-state index in [4.69, 9.17) is 20.2 Å². The molecule has 8 nitrogen and oxygen atoms in total. The van der Waals surface area contributed by atoms with Crippen molar-refractivity contribution in [3.63, 3.8) is 0 Å². The summed E-state index contributed by atoms with van der Waals surface area (Å²) in [5.74, 6) is 2.16. The highest BCUT2D eigenvalue weighted by Crippen LogP contribution is 2.36. The maximum atomic E-state index is 10.4. The first-order chi connectivity index (χ1) is 23.2. The van der Waals surface area contributed by atoms with E-state index >= 15 is 0 Å². The Labute approximate surface area is 269 Å². The summed E-state index contributed by atoms with van der Waals surface area (Å²) in [4.78, 5) is 23.4. The molecule has 0 radical (unpaired) electrons. The second-order valence-corrected chi connectivity index (χ2v) is 10.9. The Hall–Kier alpha value is -7.03. The molecule has 0 atom stereocenters. The average Bonchev–Trinajstić information content (AvgIpc) is 3.48. The van der Waals surface area contributed by atoms with Crippen LogP contribution in [0.25, 0.3) is 73.0 Å². The van der Waals surface area contributed by atoms with Crippen molar-refractivity contribution in [1.82, 2.24) is 29.5 Å². The lowest BCUT2D eigenvalue weighted by Crippen LogP contribution is -2.01. The molecule has 0 saturated heterocycles. The zero-order valence-corrected chi connectivity index (χ0v) is 24.8. The molecule has 0 amide bonds. The molecule has 0 N–H and O–H groups in total. The molecular weight excluding hydrogens is 580 g/mol. The third-order valence-corrected chi connectivity index (χ3v) is 8.03. The van der Waals surface area contributed by atoms with Crippen LogP contribution >= 0.6 is 0 Å². The lowest BCUT2D eigenvalue weighted by Gasteiger charge is -2.12. The predicted octanol–water partition coefficient (Wildman–Crippen LogP) is 8.17. The van der Waals surface area contributed by atoms with Crippen molar-refractivity contribution in [2.45, 2.75) is 0 Å². The van der Waals surface area contributed by atoms with Gasteiger partial charge in [0, 0.05) is 45.4 Å². The molecule has 8 heteroatoms. The fourth-order valence-corrected chi connectivity index (χ4v) is 5.80. The lowest BCUT2D eigenvalue weighted by atomic mass is 10.1. The summed E-state index contributed by atoms with van der Waals surface area (Å²) in [7, 11) is 0. The second-order valence-electron chi connectivity index (χ2n) is 10.9. The molecule has 0 bridgehead atoms. The van der Waals surface area contributed by atoms with Gasteiger partial charge in [-0.3, -0.25) is 0 Å². The Morgan fingerprint density at radius 1 is 0.468 bits per heavy atom. The van der Waals surface area contributed by atoms with Crippen LogP contribution in [0.3, 0.4) is 0 Å². The van der Waals surface area contributed by atoms with Crippen molar-refractivity contribution in [3.05, 3.63) is 145 Å². The molecule has 3 heterocycles. The normalized spacial score (nSPS) is 10.9. The molecule has 218 valence electrons. The number of para-hydroxylation sites is 1. The maximum absolute atomic E-state index is 10.4. The summed E-state index contributed by atoms with van der Waals surface area (Å²) in [6.07, 6.45) is 2.95. The fraction of sp³-hybridized carbons (Fsp3) is 0. The summed E-state index contributed by atoms with van der Waals surface area (Å²) in [5, 5.41) is 21.6. The molecule has 8 rings (SSSR count). The number of benzene rings is 5. The first kappa shape index (κ1) is 27.5. The molecule has 0 aliphatic rings. The highest BCUT2D eigenvalue weighted by atomic mass is 15.0. The van der Waals surface area contributed by atoms with Gasteiger partial charge in [-0.2, -0.15) is 10.5 Å². The van der Waals surface area contributed by atoms with E-state index in [1.807, 2.05) is 97.1 Å². The molecular formula is C39H22N8. The van der Waals surface area contributed by atoms with Gasteiger partial charge in [-0.25, -0.2) is 24.9 Å². The highest BCUT2D eigenvalue weighted by Gasteiger charge is 2.18. The van der Waals surface area contributed by atoms with Crippen LogP contribution in [0.2, 0.25) is 0 Å². The van der Waals surface area contributed by atoms with Crippen molar-refractivity contribution in [2.24, 2.45) is 0 Å². The van der Waals surface area contributed by atoms with E-state index in [2.05, 4.69) is 44.9 Å². The molecule has 0 spiro atoms. The minimum absolute atomic E-state index is 0.372. The molecule has 0 aliphatic heterocycles. The first-order valence-corrected chi connectivity index (χ1v) is 14.9. The Morgan fingerprint density at radius 3 is 1.66 bits per heavy atom. The minimum Gasteiger partial charge on any atom is -0.308 e. The first-order valence-electron chi connectivity index (χ1n) is 14.9. The molecule has 47 heavy (non-hydrogen) atoms. The van der Waals surface area contributed by atoms with E-state index in [1.54, 1.807) is 6.07 Å². The minimum atomic E-state index is 0.372. The SMILES string of the molecule is N#Cc1cnc(-c2ccc(-n3c4ccccc4c4ccc(-c5nc(-c6ccccc6)nc(-c6ccccc6)n5)cc43)c(C#N)c2)nc1. The second kappa shape index (κ2) is 11.5. The Balaban J connectivity index is 1.33. The summed E-state index contributed by atoms with van der Waals surface area (Å²) < 4.78 is 2.10. The third-order valence-electron chi connectivity index (χ3n) is 8.03. The van der Waals surface area contributed by atoms with Crippen LogP contribution in [0.4, 0.5) is 0 Å². The van der Waals surface area contributed by atoms with Crippen LogP contribution in [0.15, 0.2) is 134 Å². The molecule has 0 unspecified atom stereocenters. The number of aromatic nitrogens is 6. The molecule has 8 aromatic rings. The van der Waals surface area contributed by atoms with Crippen molar-refractivity contribution >= 4 is 21.8 Å². The molecule has 0 fully saturated rings. The topological polar surface area (TPSA) is 117 Å². The summed E-state index contributed by atoms with van der Waals surface area (Å²) in [6, 6.07) is 44.1. The third kappa shape index (κ3) is 4.93. The smallest absolute Gasteiger partial charge is 0.164 e. The van der Waals surface area contributed by atoms with Gasteiger partial charge in [-0.05, 0) is 30.3 Å². The van der Waals surface area contributed by atoms with E-state index in [9.17, 15) is 5.26 Å². The van der Waals surface area contributed by atoms with E-state index in [1.165, 1.54) is 12.4 Å². The van der Waals surface area contributed by atoms with Crippen LogP contribution in [0, 0.1) is 22.7 Å². The molecule has 0 aliphatic carbocycles. The van der Waals surface area contributed by atoms with Gasteiger partial charge in [0.05, 0.1) is 27.8 Å². The van der Waals surface area contributed by atoms with E-state index in [0.29, 0.717) is 40.0 Å². The number of fused-ring (bicyclic) bond motifs is 3. The van der Waals surface area contributed by atoms with Gasteiger partial charge in [-0.1, -0.05) is 91.0 Å². The van der Waals surface area contributed by atoms with Crippen molar-refractivity contribution in [1.29, 1.82) is 10.5 Å². The van der Waals surface area contributed by atoms with Gasteiger partial charge in [-0.15, -0.1) is 0 Å². The number of rotatable bonds is 5. The van der Waals surface area contributed by atoms with E-state index in [0.717, 1.165) is 44.2 Å². The highest BCUT2D eigenvalue weighted by molar-refractivity contribution is 6.10. The largest absolute Gasteiger partial charge is 0.308 e. The van der Waals surface area contributed by atoms with Crippen LogP contribution < -0.4 is 0 Å². The van der Waals surface area contributed by atoms with Crippen LogP contribution in [-0.2, 0) is 0 Å². The molecule has 0 saturated carbocycles. The standard InChI is InChI=1S/C39H22N8/c40-21-25-23-42-36(43-24-25)28-16-18-33(30(19-28)22-41)47-34-14-8-7-13-31(34)32-17-15-29(20-35(32)47)39-45-37(26-9-3-1-4-10-26)44-38(46-39)27-11-5-2-6-12-27/h1-20,23-24H.